The first-order valence-electron chi connectivity index (χ1n) is 5.10. The molecule has 0 aliphatic rings. The van der Waals surface area contributed by atoms with Crippen LogP contribution in [-0.2, 0) is 0 Å². The van der Waals surface area contributed by atoms with E-state index >= 15 is 0 Å². The van der Waals surface area contributed by atoms with Crippen LogP contribution in [0.2, 0.25) is 19.6 Å². The average molecular weight is 226 g/mol. The fourth-order valence-electron chi connectivity index (χ4n) is 1.35. The number of nitrogens with zero attached hydrogens (tertiary/aromatic N) is 2. The van der Waals surface area contributed by atoms with Gasteiger partial charge in [0.15, 0.2) is 0 Å². The molecule has 0 aliphatic heterocycles. The molecule has 0 spiro atoms. The molecule has 80 valence electrons. The van der Waals surface area contributed by atoms with Crippen LogP contribution < -0.4 is 5.19 Å². The molecule has 1 aromatic rings. The average Bonchev–Trinajstić information content (AvgIpc) is 2.25. The first-order chi connectivity index (χ1) is 7.47. The molecule has 0 amide bonds. The van der Waals surface area contributed by atoms with Crippen molar-refractivity contribution in [1.82, 2.24) is 0 Å². The van der Waals surface area contributed by atoms with Crippen molar-refractivity contribution in [3.8, 4) is 12.1 Å². The van der Waals surface area contributed by atoms with Crippen LogP contribution in [0, 0.1) is 22.7 Å². The van der Waals surface area contributed by atoms with Gasteiger partial charge in [-0.2, -0.15) is 10.5 Å². The van der Waals surface area contributed by atoms with Gasteiger partial charge in [-0.15, -0.1) is 0 Å². The third-order valence-electron chi connectivity index (χ3n) is 2.30. The number of hydrogen-bond donors (Lipinski definition) is 0. The molecule has 0 atom stereocenters. The van der Waals surface area contributed by atoms with Gasteiger partial charge in [-0.05, 0) is 11.6 Å². The minimum atomic E-state index is -1.33. The van der Waals surface area contributed by atoms with E-state index in [-0.39, 0.29) is 5.57 Å². The van der Waals surface area contributed by atoms with Gasteiger partial charge in [0.05, 0.1) is 8.07 Å². The highest BCUT2D eigenvalue weighted by molar-refractivity contribution is 6.88. The number of nitriles is 2. The van der Waals surface area contributed by atoms with Crippen LogP contribution in [0.25, 0.3) is 6.08 Å². The molecule has 0 fully saturated rings. The van der Waals surface area contributed by atoms with Crippen LogP contribution in [0.3, 0.4) is 0 Å². The van der Waals surface area contributed by atoms with Crippen molar-refractivity contribution in [3.05, 3.63) is 35.4 Å². The van der Waals surface area contributed by atoms with Crippen molar-refractivity contribution in [3.63, 3.8) is 0 Å². The molecule has 0 radical (unpaired) electrons. The summed E-state index contributed by atoms with van der Waals surface area (Å²) in [6, 6.07) is 11.8. The molecule has 16 heavy (non-hydrogen) atoms. The third kappa shape index (κ3) is 3.08. The molecule has 0 N–H and O–H groups in total. The van der Waals surface area contributed by atoms with Gasteiger partial charge in [0.2, 0.25) is 0 Å². The largest absolute Gasteiger partial charge is 0.192 e. The number of hydrogen-bond acceptors (Lipinski definition) is 2. The normalized spacial score (nSPS) is 10.1. The third-order valence-corrected chi connectivity index (χ3v) is 4.35. The molecule has 0 aliphatic carbocycles. The van der Waals surface area contributed by atoms with Crippen molar-refractivity contribution in [1.29, 1.82) is 10.5 Å². The molecule has 0 aromatic heterocycles. The van der Waals surface area contributed by atoms with E-state index in [0.717, 1.165) is 5.56 Å². The zero-order valence-electron chi connectivity index (χ0n) is 9.78. The lowest BCUT2D eigenvalue weighted by Gasteiger charge is -2.16. The lowest BCUT2D eigenvalue weighted by Crippen LogP contribution is -2.37. The molecule has 0 saturated carbocycles. The van der Waals surface area contributed by atoms with E-state index < -0.39 is 8.07 Å². The Morgan fingerprint density at radius 3 is 2.31 bits per heavy atom. The topological polar surface area (TPSA) is 47.6 Å². The van der Waals surface area contributed by atoms with E-state index in [1.165, 1.54) is 5.19 Å². The van der Waals surface area contributed by atoms with Crippen LogP contribution in [0.4, 0.5) is 0 Å². The number of benzene rings is 1. The van der Waals surface area contributed by atoms with Crippen LogP contribution in [0.5, 0.6) is 0 Å². The van der Waals surface area contributed by atoms with Gasteiger partial charge >= 0.3 is 0 Å². The van der Waals surface area contributed by atoms with Crippen molar-refractivity contribution < 1.29 is 0 Å². The summed E-state index contributed by atoms with van der Waals surface area (Å²) in [5.74, 6) is 0. The Morgan fingerprint density at radius 1 is 1.19 bits per heavy atom. The number of rotatable bonds is 2. The second kappa shape index (κ2) is 4.79. The Labute approximate surface area is 97.5 Å². The fourth-order valence-corrected chi connectivity index (χ4v) is 2.55. The lowest BCUT2D eigenvalue weighted by molar-refractivity contribution is 1.47. The van der Waals surface area contributed by atoms with Crippen molar-refractivity contribution in [2.24, 2.45) is 0 Å². The van der Waals surface area contributed by atoms with Gasteiger partial charge < -0.3 is 0 Å². The Balaban J connectivity index is 3.16. The summed E-state index contributed by atoms with van der Waals surface area (Å²) in [4.78, 5) is 0. The predicted octanol–water partition coefficient (Wildman–Crippen LogP) is 2.66. The minimum absolute atomic E-state index is 0.146. The van der Waals surface area contributed by atoms with E-state index in [2.05, 4.69) is 31.8 Å². The van der Waals surface area contributed by atoms with Gasteiger partial charge in [-0.3, -0.25) is 0 Å². The summed E-state index contributed by atoms with van der Waals surface area (Å²) < 4.78 is 0. The standard InChI is InChI=1S/C13H14N2Si/c1-16(2,3)13-6-4-5-11(8-13)7-12(9-14)10-15/h4-8H,1-3H3. The summed E-state index contributed by atoms with van der Waals surface area (Å²) in [6.45, 7) is 6.81. The molecular weight excluding hydrogens is 212 g/mol. The van der Waals surface area contributed by atoms with Gasteiger partial charge in [0.1, 0.15) is 17.7 Å². The Bertz CT molecular complexity index is 480. The second-order valence-corrected chi connectivity index (χ2v) is 9.73. The van der Waals surface area contributed by atoms with E-state index in [1.54, 1.807) is 6.08 Å². The zero-order valence-corrected chi connectivity index (χ0v) is 10.8. The van der Waals surface area contributed by atoms with Crippen molar-refractivity contribution >= 4 is 19.3 Å². The molecular formula is C13H14N2Si. The summed E-state index contributed by atoms with van der Waals surface area (Å²) in [7, 11) is -1.33. The van der Waals surface area contributed by atoms with E-state index in [9.17, 15) is 0 Å². The SMILES string of the molecule is C[Si](C)(C)c1cccc(C=C(C#N)C#N)c1. The van der Waals surface area contributed by atoms with Crippen molar-refractivity contribution in [2.45, 2.75) is 19.6 Å². The zero-order chi connectivity index (χ0) is 12.2. The van der Waals surface area contributed by atoms with E-state index in [0.29, 0.717) is 0 Å². The monoisotopic (exact) mass is 226 g/mol. The smallest absolute Gasteiger partial charge is 0.130 e. The van der Waals surface area contributed by atoms with Gasteiger partial charge in [0, 0.05) is 0 Å². The predicted molar refractivity (Wildman–Crippen MR) is 68.6 cm³/mol. The molecule has 3 heteroatoms. The lowest BCUT2D eigenvalue weighted by atomic mass is 10.1. The molecule has 0 unspecified atom stereocenters. The second-order valence-electron chi connectivity index (χ2n) is 4.66. The summed E-state index contributed by atoms with van der Waals surface area (Å²) in [6.07, 6.45) is 1.63. The van der Waals surface area contributed by atoms with Crippen LogP contribution >= 0.6 is 0 Å². The highest BCUT2D eigenvalue weighted by atomic mass is 28.3. The molecule has 0 saturated heterocycles. The molecule has 0 bridgehead atoms. The van der Waals surface area contributed by atoms with Gasteiger partial charge in [-0.25, -0.2) is 0 Å². The first kappa shape index (κ1) is 12.2. The Morgan fingerprint density at radius 2 is 1.81 bits per heavy atom. The molecule has 1 aromatic carbocycles. The summed E-state index contributed by atoms with van der Waals surface area (Å²) in [5.41, 5.74) is 1.07. The summed E-state index contributed by atoms with van der Waals surface area (Å²) in [5, 5.41) is 18.7. The quantitative estimate of drug-likeness (QED) is 0.575. The van der Waals surface area contributed by atoms with E-state index in [4.69, 9.17) is 10.5 Å². The minimum Gasteiger partial charge on any atom is -0.192 e. The maximum Gasteiger partial charge on any atom is 0.130 e. The van der Waals surface area contributed by atoms with Crippen molar-refractivity contribution in [2.75, 3.05) is 0 Å². The van der Waals surface area contributed by atoms with Crippen LogP contribution in [0.1, 0.15) is 5.56 Å². The molecule has 1 rings (SSSR count). The molecule has 0 heterocycles. The highest BCUT2D eigenvalue weighted by Gasteiger charge is 2.15. The fraction of sp³-hybridized carbons (Fsp3) is 0.231. The molecule has 2 nitrogen and oxygen atoms in total. The highest BCUT2D eigenvalue weighted by Crippen LogP contribution is 2.08. The Hall–Kier alpha value is -1.84. The number of allylic oxidation sites excluding steroid dienone is 1. The first-order valence-corrected chi connectivity index (χ1v) is 8.60. The van der Waals surface area contributed by atoms with Gasteiger partial charge in [0.25, 0.3) is 0 Å². The van der Waals surface area contributed by atoms with Crippen LogP contribution in [-0.4, -0.2) is 8.07 Å². The van der Waals surface area contributed by atoms with E-state index in [1.807, 2.05) is 24.3 Å². The Kier molecular flexibility index (Phi) is 3.66. The summed E-state index contributed by atoms with van der Waals surface area (Å²) >= 11 is 0. The van der Waals surface area contributed by atoms with Crippen LogP contribution in [0.15, 0.2) is 29.8 Å². The maximum absolute atomic E-state index is 8.68. The van der Waals surface area contributed by atoms with Gasteiger partial charge in [-0.1, -0.05) is 49.1 Å². The maximum atomic E-state index is 8.68.